The number of carboxylic acid groups (broad SMARTS) is 1. The molecule has 1 aromatic rings. The topological polar surface area (TPSA) is 104 Å². The lowest BCUT2D eigenvalue weighted by Gasteiger charge is -2.24. The van der Waals surface area contributed by atoms with Crippen LogP contribution >= 0.6 is 11.8 Å². The van der Waals surface area contributed by atoms with Gasteiger partial charge in [-0.2, -0.15) is 0 Å². The maximum Gasteiger partial charge on any atom is 0.394 e. The summed E-state index contributed by atoms with van der Waals surface area (Å²) in [6.07, 6.45) is 14.1. The van der Waals surface area contributed by atoms with Crippen LogP contribution in [0.25, 0.3) is 0 Å². The minimum atomic E-state index is -3.58. The van der Waals surface area contributed by atoms with E-state index in [2.05, 4.69) is 11.6 Å². The number of nitrogens with zero attached hydrogens (tertiary/aromatic N) is 1. The second-order valence-corrected chi connectivity index (χ2v) is 12.4. The highest BCUT2D eigenvalue weighted by Crippen LogP contribution is 2.36. The first-order valence-corrected chi connectivity index (χ1v) is 15.1. The van der Waals surface area contributed by atoms with Crippen LogP contribution in [0, 0.1) is 0 Å². The van der Waals surface area contributed by atoms with E-state index in [1.54, 1.807) is 6.08 Å². The van der Waals surface area contributed by atoms with E-state index in [1.807, 2.05) is 30.3 Å². The molecule has 7 nitrogen and oxygen atoms in total. The third kappa shape index (κ3) is 11.2. The van der Waals surface area contributed by atoms with Gasteiger partial charge in [-0.15, -0.1) is 11.8 Å². The monoisotopic (exact) mass is 524 g/mol. The molecule has 9 heteroatoms. The lowest BCUT2D eigenvalue weighted by atomic mass is 10.1. The van der Waals surface area contributed by atoms with Crippen molar-refractivity contribution in [3.63, 3.8) is 0 Å². The zero-order valence-electron chi connectivity index (χ0n) is 20.8. The van der Waals surface area contributed by atoms with Gasteiger partial charge in [-0.25, -0.2) is 17.9 Å². The molecule has 2 N–H and O–H groups in total. The number of nitrogens with one attached hydrogen (secondary N) is 1. The van der Waals surface area contributed by atoms with E-state index in [1.165, 1.54) is 61.6 Å². The molecule has 2 rings (SSSR count). The van der Waals surface area contributed by atoms with E-state index in [0.29, 0.717) is 13.0 Å². The van der Waals surface area contributed by atoms with Crippen molar-refractivity contribution < 1.29 is 23.1 Å². The molecule has 1 aliphatic heterocycles. The summed E-state index contributed by atoms with van der Waals surface area (Å²) < 4.78 is 28.3. The van der Waals surface area contributed by atoms with E-state index in [4.69, 9.17) is 0 Å². The fourth-order valence-corrected chi connectivity index (χ4v) is 7.00. The fraction of sp³-hybridized carbons (Fsp3) is 0.615. The van der Waals surface area contributed by atoms with Crippen LogP contribution in [0.3, 0.4) is 0 Å². The van der Waals surface area contributed by atoms with Crippen molar-refractivity contribution in [2.45, 2.75) is 89.3 Å². The van der Waals surface area contributed by atoms with Gasteiger partial charge in [0, 0.05) is 24.9 Å². The molecule has 0 spiro atoms. The molecule has 0 radical (unpaired) electrons. The number of hydrogen-bond acceptors (Lipinski definition) is 5. The number of benzene rings is 1. The van der Waals surface area contributed by atoms with Crippen molar-refractivity contribution in [2.75, 3.05) is 13.1 Å². The second kappa shape index (κ2) is 16.0. The van der Waals surface area contributed by atoms with Gasteiger partial charge < -0.3 is 10.0 Å². The van der Waals surface area contributed by atoms with Crippen LogP contribution in [0.1, 0.15) is 83.1 Å². The number of aliphatic carboxylic acids is 1. The number of hydrogen-bond donors (Lipinski definition) is 2. The molecule has 0 aromatic heterocycles. The van der Waals surface area contributed by atoms with Gasteiger partial charge in [0.1, 0.15) is 4.24 Å². The molecular formula is C26H40N2O5S2. The first-order valence-electron chi connectivity index (χ1n) is 12.8. The average Bonchev–Trinajstić information content (AvgIpc) is 3.32. The fourth-order valence-electron chi connectivity index (χ4n) is 4.07. The zero-order chi connectivity index (χ0) is 25.5. The van der Waals surface area contributed by atoms with E-state index < -0.39 is 21.9 Å². The standard InChI is InChI=1S/C26H40N2O5S2/c1-2-3-4-5-6-7-8-9-10-14-19-27-35(32,33)24-18-17-23(34-24)21-28(25(29)26(30)31)20-22-15-12-11-13-16-22/h11-13,15-16,18,23,27H,2-10,14,17,19-21H2,1H3,(H,30,31). The number of unbranched alkanes of at least 4 members (excludes halogenated alkanes) is 9. The van der Waals surface area contributed by atoms with Crippen LogP contribution in [0.2, 0.25) is 0 Å². The Morgan fingerprint density at radius 3 is 2.20 bits per heavy atom. The Kier molecular flexibility index (Phi) is 13.4. The van der Waals surface area contributed by atoms with Crippen molar-refractivity contribution in [1.29, 1.82) is 0 Å². The molecule has 1 atom stereocenters. The Balaban J connectivity index is 1.71. The van der Waals surface area contributed by atoms with Crippen molar-refractivity contribution >= 4 is 33.7 Å². The van der Waals surface area contributed by atoms with E-state index >= 15 is 0 Å². The van der Waals surface area contributed by atoms with Gasteiger partial charge in [0.15, 0.2) is 0 Å². The zero-order valence-corrected chi connectivity index (χ0v) is 22.4. The summed E-state index contributed by atoms with van der Waals surface area (Å²) in [6.45, 7) is 2.97. The maximum absolute atomic E-state index is 12.7. The summed E-state index contributed by atoms with van der Waals surface area (Å²) in [5, 5.41) is 9.00. The van der Waals surface area contributed by atoms with Crippen molar-refractivity contribution in [3.05, 3.63) is 46.2 Å². The molecule has 1 aromatic carbocycles. The lowest BCUT2D eigenvalue weighted by Crippen LogP contribution is -2.39. The quantitative estimate of drug-likeness (QED) is 0.212. The van der Waals surface area contributed by atoms with Gasteiger partial charge in [0.2, 0.25) is 10.0 Å². The summed E-state index contributed by atoms with van der Waals surface area (Å²) in [5.74, 6) is -2.49. The van der Waals surface area contributed by atoms with Crippen molar-refractivity contribution in [1.82, 2.24) is 9.62 Å². The number of amides is 1. The Labute approximate surface area is 214 Å². The van der Waals surface area contributed by atoms with E-state index in [-0.39, 0.29) is 22.6 Å². The third-order valence-corrected chi connectivity index (χ3v) is 9.33. The number of thioether (sulfide) groups is 1. The Morgan fingerprint density at radius 2 is 1.60 bits per heavy atom. The largest absolute Gasteiger partial charge is 0.474 e. The van der Waals surface area contributed by atoms with Gasteiger partial charge in [-0.1, -0.05) is 101 Å². The van der Waals surface area contributed by atoms with Gasteiger partial charge in [0.05, 0.1) is 0 Å². The Bertz CT molecular complexity index is 919. The van der Waals surface area contributed by atoms with Gasteiger partial charge in [-0.3, -0.25) is 4.79 Å². The maximum atomic E-state index is 12.7. The molecular weight excluding hydrogens is 484 g/mol. The minimum absolute atomic E-state index is 0.165. The molecule has 0 aliphatic carbocycles. The van der Waals surface area contributed by atoms with Crippen LogP contribution in [-0.4, -0.2) is 48.6 Å². The molecule has 1 amide bonds. The van der Waals surface area contributed by atoms with Crippen molar-refractivity contribution in [2.24, 2.45) is 0 Å². The molecule has 0 bridgehead atoms. The van der Waals surface area contributed by atoms with Gasteiger partial charge >= 0.3 is 11.9 Å². The molecule has 1 aliphatic rings. The minimum Gasteiger partial charge on any atom is -0.474 e. The SMILES string of the molecule is CCCCCCCCCCCCNS(=O)(=O)C1=CCC(CN(Cc2ccccc2)C(=O)C(=O)O)S1. The van der Waals surface area contributed by atoms with Gasteiger partial charge in [0.25, 0.3) is 0 Å². The highest BCUT2D eigenvalue weighted by atomic mass is 32.3. The first kappa shape index (κ1) is 29.4. The second-order valence-electron chi connectivity index (χ2n) is 9.05. The number of carbonyl (C=O) groups excluding carboxylic acids is 1. The normalized spacial score (nSPS) is 15.7. The van der Waals surface area contributed by atoms with Crippen LogP contribution in [-0.2, 0) is 26.2 Å². The highest BCUT2D eigenvalue weighted by Gasteiger charge is 2.31. The van der Waals surface area contributed by atoms with Crippen molar-refractivity contribution in [3.8, 4) is 0 Å². The predicted molar refractivity (Wildman–Crippen MR) is 142 cm³/mol. The highest BCUT2D eigenvalue weighted by molar-refractivity contribution is 8.18. The number of allylic oxidation sites excluding steroid dienone is 1. The van der Waals surface area contributed by atoms with Crippen LogP contribution in [0.5, 0.6) is 0 Å². The van der Waals surface area contributed by atoms with Gasteiger partial charge in [-0.05, 0) is 18.4 Å². The number of rotatable bonds is 17. The summed E-state index contributed by atoms with van der Waals surface area (Å²) in [7, 11) is -3.58. The molecule has 35 heavy (non-hydrogen) atoms. The summed E-state index contributed by atoms with van der Waals surface area (Å²) in [5.41, 5.74) is 0.823. The smallest absolute Gasteiger partial charge is 0.394 e. The molecule has 1 heterocycles. The summed E-state index contributed by atoms with van der Waals surface area (Å²) >= 11 is 1.19. The molecule has 1 unspecified atom stereocenters. The molecule has 0 fully saturated rings. The summed E-state index contributed by atoms with van der Waals surface area (Å²) in [6, 6.07) is 9.17. The number of carbonyl (C=O) groups is 2. The number of sulfonamides is 1. The van der Waals surface area contributed by atoms with Crippen LogP contribution < -0.4 is 4.72 Å². The first-order chi connectivity index (χ1) is 16.8. The Morgan fingerprint density at radius 1 is 1.00 bits per heavy atom. The molecule has 196 valence electrons. The van der Waals surface area contributed by atoms with Crippen LogP contribution in [0.4, 0.5) is 0 Å². The third-order valence-electron chi connectivity index (χ3n) is 6.03. The molecule has 0 saturated carbocycles. The average molecular weight is 525 g/mol. The number of carboxylic acids is 1. The summed E-state index contributed by atoms with van der Waals surface area (Å²) in [4.78, 5) is 24.8. The predicted octanol–water partition coefficient (Wildman–Crippen LogP) is 5.29. The van der Waals surface area contributed by atoms with E-state index in [0.717, 1.165) is 24.8 Å². The molecule has 0 saturated heterocycles. The van der Waals surface area contributed by atoms with Crippen LogP contribution in [0.15, 0.2) is 40.6 Å². The van der Waals surface area contributed by atoms with E-state index in [9.17, 15) is 23.1 Å². The lowest BCUT2D eigenvalue weighted by molar-refractivity contribution is -0.156. The Hall–Kier alpha value is -1.84.